The molecule has 0 aliphatic carbocycles. The van der Waals surface area contributed by atoms with Gasteiger partial charge in [-0.2, -0.15) is 0 Å². The van der Waals surface area contributed by atoms with E-state index in [0.717, 1.165) is 17.7 Å². The monoisotopic (exact) mass is 207 g/mol. The van der Waals surface area contributed by atoms with E-state index >= 15 is 0 Å². The molecule has 1 aromatic rings. The summed E-state index contributed by atoms with van der Waals surface area (Å²) in [6.45, 7) is 3.92. The van der Waals surface area contributed by atoms with E-state index in [1.165, 1.54) is 0 Å². The van der Waals surface area contributed by atoms with E-state index in [0.29, 0.717) is 6.42 Å². The molecule has 0 heterocycles. The van der Waals surface area contributed by atoms with Crippen molar-refractivity contribution < 1.29 is 9.90 Å². The molecule has 3 nitrogen and oxygen atoms in total. The van der Waals surface area contributed by atoms with E-state index in [4.69, 9.17) is 5.11 Å². The Labute approximate surface area is 90.1 Å². The zero-order chi connectivity index (χ0) is 11.3. The van der Waals surface area contributed by atoms with Crippen LogP contribution in [0.3, 0.4) is 0 Å². The molecule has 1 atom stereocenters. The number of anilines is 1. The zero-order valence-corrected chi connectivity index (χ0v) is 9.16. The minimum absolute atomic E-state index is 0.502. The molecule has 3 heteroatoms. The van der Waals surface area contributed by atoms with E-state index in [2.05, 4.69) is 12.2 Å². The Hall–Kier alpha value is -1.51. The smallest absolute Gasteiger partial charge is 0.326 e. The first kappa shape index (κ1) is 11.6. The Morgan fingerprint density at radius 2 is 2.07 bits per heavy atom. The number of carbonyl (C=O) groups is 1. The van der Waals surface area contributed by atoms with E-state index in [9.17, 15) is 4.79 Å². The number of carboxylic acids is 1. The summed E-state index contributed by atoms with van der Waals surface area (Å²) in [5.41, 5.74) is 2.08. The van der Waals surface area contributed by atoms with Gasteiger partial charge >= 0.3 is 5.97 Å². The van der Waals surface area contributed by atoms with E-state index in [1.807, 2.05) is 31.2 Å². The average Bonchev–Trinajstić information content (AvgIpc) is 2.25. The van der Waals surface area contributed by atoms with Gasteiger partial charge in [-0.15, -0.1) is 0 Å². The molecule has 0 fully saturated rings. The normalized spacial score (nSPS) is 12.1. The average molecular weight is 207 g/mol. The zero-order valence-electron chi connectivity index (χ0n) is 9.16. The number of carboxylic acid groups (broad SMARTS) is 1. The summed E-state index contributed by atoms with van der Waals surface area (Å²) in [7, 11) is 0. The van der Waals surface area contributed by atoms with Crippen LogP contribution in [-0.2, 0) is 11.2 Å². The van der Waals surface area contributed by atoms with E-state index in [-0.39, 0.29) is 0 Å². The molecule has 0 radical (unpaired) electrons. The number of hydrogen-bond acceptors (Lipinski definition) is 2. The lowest BCUT2D eigenvalue weighted by Gasteiger charge is -2.16. The second kappa shape index (κ2) is 5.39. The SMILES string of the molecule is CCc1ccccc1NC(CC)C(=O)O. The van der Waals surface area contributed by atoms with Crippen molar-refractivity contribution >= 4 is 11.7 Å². The summed E-state index contributed by atoms with van der Waals surface area (Å²) < 4.78 is 0. The van der Waals surface area contributed by atoms with Crippen LogP contribution in [0.5, 0.6) is 0 Å². The van der Waals surface area contributed by atoms with Crippen LogP contribution in [0.25, 0.3) is 0 Å². The molecule has 15 heavy (non-hydrogen) atoms. The number of para-hydroxylation sites is 1. The number of nitrogens with one attached hydrogen (secondary N) is 1. The fourth-order valence-corrected chi connectivity index (χ4v) is 1.50. The first-order valence-electron chi connectivity index (χ1n) is 5.26. The Morgan fingerprint density at radius 1 is 1.40 bits per heavy atom. The van der Waals surface area contributed by atoms with Gasteiger partial charge in [0.25, 0.3) is 0 Å². The van der Waals surface area contributed by atoms with Gasteiger partial charge in [-0.05, 0) is 24.5 Å². The van der Waals surface area contributed by atoms with E-state index < -0.39 is 12.0 Å². The third-order valence-corrected chi connectivity index (χ3v) is 2.43. The van der Waals surface area contributed by atoms with Gasteiger partial charge in [0.1, 0.15) is 6.04 Å². The third kappa shape index (κ3) is 2.98. The fraction of sp³-hybridized carbons (Fsp3) is 0.417. The van der Waals surface area contributed by atoms with Crippen molar-refractivity contribution in [1.29, 1.82) is 0 Å². The van der Waals surface area contributed by atoms with Crippen LogP contribution in [0, 0.1) is 0 Å². The molecular formula is C12H17NO2. The van der Waals surface area contributed by atoms with Gasteiger partial charge in [0.05, 0.1) is 0 Å². The lowest BCUT2D eigenvalue weighted by atomic mass is 10.1. The highest BCUT2D eigenvalue weighted by atomic mass is 16.4. The first-order chi connectivity index (χ1) is 7.19. The largest absolute Gasteiger partial charge is 0.480 e. The van der Waals surface area contributed by atoms with Gasteiger partial charge in [-0.1, -0.05) is 32.0 Å². The Kier molecular flexibility index (Phi) is 4.16. The highest BCUT2D eigenvalue weighted by Gasteiger charge is 2.15. The Balaban J connectivity index is 2.82. The topological polar surface area (TPSA) is 49.3 Å². The third-order valence-electron chi connectivity index (χ3n) is 2.43. The highest BCUT2D eigenvalue weighted by Crippen LogP contribution is 2.17. The van der Waals surface area contributed by atoms with Gasteiger partial charge in [0.15, 0.2) is 0 Å². The van der Waals surface area contributed by atoms with Crippen molar-refractivity contribution in [3.63, 3.8) is 0 Å². The van der Waals surface area contributed by atoms with Crippen molar-refractivity contribution in [1.82, 2.24) is 0 Å². The molecule has 0 aliphatic rings. The maximum Gasteiger partial charge on any atom is 0.326 e. The van der Waals surface area contributed by atoms with Gasteiger partial charge in [0, 0.05) is 5.69 Å². The Bertz CT molecular complexity index is 336. The van der Waals surface area contributed by atoms with Crippen molar-refractivity contribution in [2.24, 2.45) is 0 Å². The molecule has 0 saturated heterocycles. The standard InChI is InChI=1S/C12H17NO2/c1-3-9-7-5-6-8-11(9)13-10(4-2)12(14)15/h5-8,10,13H,3-4H2,1-2H3,(H,14,15). The molecule has 0 aliphatic heterocycles. The van der Waals surface area contributed by atoms with Crippen LogP contribution < -0.4 is 5.32 Å². The Morgan fingerprint density at radius 3 is 2.60 bits per heavy atom. The molecule has 1 unspecified atom stereocenters. The van der Waals surface area contributed by atoms with Gasteiger partial charge in [-0.25, -0.2) is 4.79 Å². The molecule has 0 amide bonds. The summed E-state index contributed by atoms with van der Waals surface area (Å²) in [5.74, 6) is -0.802. The molecule has 82 valence electrons. The van der Waals surface area contributed by atoms with Crippen LogP contribution >= 0.6 is 0 Å². The maximum atomic E-state index is 10.9. The second-order valence-electron chi connectivity index (χ2n) is 3.45. The first-order valence-corrected chi connectivity index (χ1v) is 5.26. The molecular weight excluding hydrogens is 190 g/mol. The quantitative estimate of drug-likeness (QED) is 0.780. The van der Waals surface area contributed by atoms with Crippen LogP contribution in [0.2, 0.25) is 0 Å². The van der Waals surface area contributed by atoms with E-state index in [1.54, 1.807) is 0 Å². The lowest BCUT2D eigenvalue weighted by Crippen LogP contribution is -2.28. The summed E-state index contributed by atoms with van der Waals surface area (Å²) in [5, 5.41) is 12.0. The molecule has 1 rings (SSSR count). The van der Waals surface area contributed by atoms with Crippen LogP contribution in [0.15, 0.2) is 24.3 Å². The van der Waals surface area contributed by atoms with Gasteiger partial charge in [-0.3, -0.25) is 0 Å². The van der Waals surface area contributed by atoms with Crippen LogP contribution in [-0.4, -0.2) is 17.1 Å². The summed E-state index contributed by atoms with van der Waals surface area (Å²) >= 11 is 0. The van der Waals surface area contributed by atoms with Crippen molar-refractivity contribution in [3.8, 4) is 0 Å². The molecule has 0 aromatic heterocycles. The second-order valence-corrected chi connectivity index (χ2v) is 3.45. The summed E-state index contributed by atoms with van der Waals surface area (Å²) in [6.07, 6.45) is 1.48. The van der Waals surface area contributed by atoms with Crippen LogP contribution in [0.4, 0.5) is 5.69 Å². The number of hydrogen-bond donors (Lipinski definition) is 2. The summed E-state index contributed by atoms with van der Waals surface area (Å²) in [6, 6.07) is 7.31. The van der Waals surface area contributed by atoms with Crippen molar-refractivity contribution in [3.05, 3.63) is 29.8 Å². The predicted molar refractivity (Wildman–Crippen MR) is 61.2 cm³/mol. The minimum Gasteiger partial charge on any atom is -0.480 e. The lowest BCUT2D eigenvalue weighted by molar-refractivity contribution is -0.137. The van der Waals surface area contributed by atoms with Crippen molar-refractivity contribution in [2.75, 3.05) is 5.32 Å². The molecule has 2 N–H and O–H groups in total. The maximum absolute atomic E-state index is 10.9. The molecule has 0 spiro atoms. The molecule has 0 bridgehead atoms. The number of aryl methyl sites for hydroxylation is 1. The van der Waals surface area contributed by atoms with Gasteiger partial charge in [0.2, 0.25) is 0 Å². The fourth-order valence-electron chi connectivity index (χ4n) is 1.50. The number of aliphatic carboxylic acids is 1. The minimum atomic E-state index is -0.802. The molecule has 0 saturated carbocycles. The summed E-state index contributed by atoms with van der Waals surface area (Å²) in [4.78, 5) is 10.9. The van der Waals surface area contributed by atoms with Gasteiger partial charge < -0.3 is 10.4 Å². The number of rotatable bonds is 5. The highest BCUT2D eigenvalue weighted by molar-refractivity contribution is 5.77. The number of benzene rings is 1. The predicted octanol–water partition coefficient (Wildman–Crippen LogP) is 2.52. The van der Waals surface area contributed by atoms with Crippen molar-refractivity contribution in [2.45, 2.75) is 32.7 Å². The molecule has 1 aromatic carbocycles. The van der Waals surface area contributed by atoms with Crippen LogP contribution in [0.1, 0.15) is 25.8 Å².